The lowest BCUT2D eigenvalue weighted by Crippen LogP contribution is -2.48. The maximum absolute atomic E-state index is 14.8. The van der Waals surface area contributed by atoms with Crippen LogP contribution in [0.3, 0.4) is 0 Å². The monoisotopic (exact) mass is 2120 g/mol. The third-order valence-corrected chi connectivity index (χ3v) is 22.8. The van der Waals surface area contributed by atoms with Crippen LogP contribution in [0.25, 0.3) is 0 Å². The number of carbonyl (C=O) groups excluding carboxylic acids is 2. The predicted octanol–water partition coefficient (Wildman–Crippen LogP) is 20.0. The normalized spacial score (nSPS) is 12.4. The highest BCUT2D eigenvalue weighted by atomic mass is 79.9. The van der Waals surface area contributed by atoms with Gasteiger partial charge in [0.2, 0.25) is 11.8 Å². The Kier molecular flexibility index (Phi) is 56.3. The molecule has 0 aliphatic carbocycles. The molecule has 3 fully saturated rings. The molecule has 8 aromatic carbocycles. The second-order valence-electron chi connectivity index (χ2n) is 32.6. The van der Waals surface area contributed by atoms with Gasteiger partial charge in [-0.15, -0.1) is 0 Å². The van der Waals surface area contributed by atoms with E-state index in [9.17, 15) is 50.2 Å². The highest BCUT2D eigenvalue weighted by molar-refractivity contribution is 9.09. The summed E-state index contributed by atoms with van der Waals surface area (Å²) in [6, 6.07) is 53.6. The molecule has 0 saturated carbocycles. The number of nitrogens with zero attached hydrogens (tertiary/aromatic N) is 15. The highest BCUT2D eigenvalue weighted by Gasteiger charge is 2.33. The summed E-state index contributed by atoms with van der Waals surface area (Å²) >= 11 is 6.59. The van der Waals surface area contributed by atoms with Gasteiger partial charge in [-0.1, -0.05) is 86.2 Å². The molecule has 0 atom stereocenters. The van der Waals surface area contributed by atoms with Crippen LogP contribution < -0.4 is 33.5 Å². The van der Waals surface area contributed by atoms with E-state index in [-0.39, 0.29) is 133 Å². The molecule has 8 aromatic rings. The number of alkyl halides is 2. The second kappa shape index (κ2) is 66.4. The van der Waals surface area contributed by atoms with Crippen molar-refractivity contribution in [3.63, 3.8) is 0 Å². The van der Waals surface area contributed by atoms with Gasteiger partial charge in [0, 0.05) is 158 Å². The molecule has 11 rings (SSSR count). The van der Waals surface area contributed by atoms with Crippen molar-refractivity contribution in [3.05, 3.63) is 216 Å². The van der Waals surface area contributed by atoms with E-state index in [4.69, 9.17) is 103 Å². The smallest absolute Gasteiger partial charge is 0.270 e. The van der Waals surface area contributed by atoms with E-state index in [0.29, 0.717) is 68.0 Å². The van der Waals surface area contributed by atoms with Crippen LogP contribution in [0.4, 0.5) is 21.5 Å². The van der Waals surface area contributed by atoms with E-state index in [1.165, 1.54) is 18.2 Å². The number of nitro benzene ring substituents is 1. The van der Waals surface area contributed by atoms with Gasteiger partial charge in [0.25, 0.3) is 5.69 Å². The first kappa shape index (κ1) is 123. The number of halogens is 3. The van der Waals surface area contributed by atoms with Gasteiger partial charge in [-0.3, -0.25) is 19.7 Å². The van der Waals surface area contributed by atoms with Crippen LogP contribution in [0, 0.1) is 129 Å². The number of rotatable bonds is 35. The summed E-state index contributed by atoms with van der Waals surface area (Å²) in [5.41, 5.74) is 4.14. The molecule has 38 heteroatoms. The predicted molar refractivity (Wildman–Crippen MR) is 546 cm³/mol. The lowest BCUT2D eigenvalue weighted by molar-refractivity contribution is -0.384. The Morgan fingerprint density at radius 2 is 0.834 bits per heavy atom. The molecule has 0 spiro atoms. The minimum atomic E-state index is -0.676. The van der Waals surface area contributed by atoms with Gasteiger partial charge in [0.1, 0.15) is 148 Å². The van der Waals surface area contributed by atoms with Crippen LogP contribution in [0.5, 0.6) is 57.5 Å². The fourth-order valence-corrected chi connectivity index (χ4v) is 15.3. The molecule has 3 saturated heterocycles. The maximum atomic E-state index is 14.8. The molecule has 3 heterocycles. The largest absolute Gasteiger partial charge is 0.508 e. The van der Waals surface area contributed by atoms with Crippen molar-refractivity contribution < 1.29 is 95.8 Å². The molecule has 145 heavy (non-hydrogen) atoms. The summed E-state index contributed by atoms with van der Waals surface area (Å²) < 4.78 is 86.4. The van der Waals surface area contributed by atoms with Crippen molar-refractivity contribution >= 4 is 60.7 Å². The fourth-order valence-electron chi connectivity index (χ4n) is 14.5. The van der Waals surface area contributed by atoms with Gasteiger partial charge in [0.15, 0.2) is 36.7 Å². The van der Waals surface area contributed by atoms with Crippen LogP contribution >= 0.6 is 31.9 Å². The van der Waals surface area contributed by atoms with Crippen molar-refractivity contribution in [1.29, 1.82) is 52.6 Å². The van der Waals surface area contributed by atoms with E-state index >= 15 is 0 Å². The van der Waals surface area contributed by atoms with E-state index < -0.39 is 23.3 Å². The van der Waals surface area contributed by atoms with Crippen molar-refractivity contribution in [2.24, 2.45) is 0 Å². The second-order valence-corrected chi connectivity index (χ2v) is 34.1. The lowest BCUT2D eigenvalue weighted by Gasteiger charge is -2.35. The van der Waals surface area contributed by atoms with E-state index in [2.05, 4.69) is 83.2 Å². The van der Waals surface area contributed by atoms with Crippen molar-refractivity contribution in [1.82, 2.24) is 9.80 Å². The molecule has 0 radical (unpaired) electrons. The van der Waals surface area contributed by atoms with Crippen LogP contribution in [0.1, 0.15) is 202 Å². The van der Waals surface area contributed by atoms with Crippen molar-refractivity contribution in [2.75, 3.05) is 146 Å². The molecule has 2 amide bonds. The summed E-state index contributed by atoms with van der Waals surface area (Å²) in [6.07, 6.45) is 4.71. The number of nitro groups is 1. The molecule has 0 unspecified atom stereocenters. The Labute approximate surface area is 865 Å². The molecule has 3 aliphatic rings. The number of anilines is 2. The number of non-ortho nitro benzene ring substituents is 1. The molecule has 35 nitrogen and oxygen atoms in total. The number of hydrogen-bond acceptors (Lipinski definition) is 32. The van der Waals surface area contributed by atoms with Crippen molar-refractivity contribution in [3.8, 4) is 118 Å². The number of phenolic OH excluding ortho intramolecular Hbond substituents is 3. The first-order chi connectivity index (χ1) is 69.6. The average Bonchev–Trinajstić information content (AvgIpc) is 0.761. The first-order valence-corrected chi connectivity index (χ1v) is 49.2. The topological polar surface area (TPSA) is 509 Å². The summed E-state index contributed by atoms with van der Waals surface area (Å²) in [5.74, 6) is 2.23. The summed E-state index contributed by atoms with van der Waals surface area (Å²) in [5, 5.41) is 129. The Bertz CT molecular complexity index is 5780. The minimum absolute atomic E-state index is 0.0108. The Morgan fingerprint density at radius 1 is 0.455 bits per heavy atom. The first-order valence-electron chi connectivity index (χ1n) is 46.9. The van der Waals surface area contributed by atoms with Crippen LogP contribution in [-0.2, 0) is 58.3 Å². The van der Waals surface area contributed by atoms with Gasteiger partial charge in [-0.2, -0.15) is 52.6 Å². The Morgan fingerprint density at radius 3 is 1.21 bits per heavy atom. The Hall–Kier alpha value is -14.4. The Balaban J connectivity index is 0.000000359. The third kappa shape index (κ3) is 40.4. The van der Waals surface area contributed by atoms with E-state index in [0.717, 1.165) is 167 Å². The third-order valence-electron chi connectivity index (χ3n) is 21.8. The van der Waals surface area contributed by atoms with Crippen LogP contribution in [0.2, 0.25) is 0 Å². The number of piperazine rings is 2. The number of nitriles is 10. The number of benzene rings is 8. The molecule has 3 aliphatic heterocycles. The molecule has 770 valence electrons. The van der Waals surface area contributed by atoms with Gasteiger partial charge in [0.05, 0.1) is 64.0 Å². The number of phenols is 3. The molecule has 3 N–H and O–H groups in total. The van der Waals surface area contributed by atoms with Gasteiger partial charge < -0.3 is 96.5 Å². The summed E-state index contributed by atoms with van der Waals surface area (Å²) in [6.45, 7) is 38.9. The number of aromatic hydroxyl groups is 3. The van der Waals surface area contributed by atoms with E-state index in [1.54, 1.807) is 87.7 Å². The molecular weight excluding hydrogens is 1990 g/mol. The number of carbonyl (C=O) groups is 2. The molecule has 0 aromatic heterocycles. The van der Waals surface area contributed by atoms with Crippen LogP contribution in [-0.4, -0.2) is 203 Å². The zero-order chi connectivity index (χ0) is 108. The van der Waals surface area contributed by atoms with Gasteiger partial charge >= 0.3 is 0 Å². The molecular formula is C107H126Br2FN15O20. The number of methoxy groups -OCH3 is 1. The number of hydrogen-bond donors (Lipinski definition) is 3. The SMILES string of the molecule is BrCCC1OCCCO1.CC(=O)N1CCN(c2ccc(O)cc2)CC1.CC(=O)N1CCN(c2ccc(Oc3ccc(C#N)c(C#N)c3)cc2)CC1.CCCC(C)(C)c1cc(Oc2cc(C#N)c(C#N)cc2F)c(C(C)(C)CCC)cc1OC.CCOC(CBr)OCC.CCOC(COc1ccc(OCC(OCC)OCC)c(C#N)c1C#N)OCC.N#Cc1c(O)ccc(O)c1C#N.N#Cc1ccc([N+](=O)[O-])cc1C#N. The standard InChI is InChI=1S/C27H33FN2O2.C20H18N4O2.C20H28N2O6.C12H16N2O2.C8H3N3O2.C8H4N2O2.C6H11BrO2.C6H13BrO2/c1-8-10-26(3,4)20-15-24(21(14-23(20)31-7)27(5,6)11-9-2)32-25-13-19(17-30)18(16-29)12-22(25)28;1-15(25)23-8-10-24(11-9-23)18-3-6-19(7-4-18)26-20-5-2-16(13-21)17(12-20)14-22;1-5-23-19(24-6-2)13-27-17-9-10-18(16(12-22)15(17)11-21)28-14-20(25-7-3)26-8-4;1-10(15)13-6-8-14(9-7-13)11-2-4-12(16)5-3-11;9-4-6-1-2-8(11(12)13)3-7(6)5-10;9-3-5-6(4-10)8(12)2-1-7(5)11;7-3-2-6-8-4-1-5-9-6;1-3-8-6(5-7)9-4-2/h12-15H,8-11H2,1-7H3;2-7,12H,8-11H2,1H3;9-10,19-20H,5-8,13-14H2,1-4H3;2-5,16H,6-9H2,1H3;1-3H;1-2,11-12H;6H,1-5H2;6H,3-5H2,1-2H3. The lowest BCUT2D eigenvalue weighted by atomic mass is 9.75. The molecule has 0 bridgehead atoms. The fraction of sp³-hybridized carbons (Fsp3) is 0.439. The van der Waals surface area contributed by atoms with Crippen LogP contribution in [0.15, 0.2) is 133 Å². The number of ether oxygens (including phenoxy) is 13. The highest BCUT2D eigenvalue weighted by Crippen LogP contribution is 2.46. The summed E-state index contributed by atoms with van der Waals surface area (Å²) in [7, 11) is 1.66. The average molecular weight is 2120 g/mol. The van der Waals surface area contributed by atoms with Gasteiger partial charge in [-0.05, 0) is 187 Å². The van der Waals surface area contributed by atoms with Crippen molar-refractivity contribution in [2.45, 2.75) is 171 Å². The number of amides is 2. The van der Waals surface area contributed by atoms with E-state index in [1.807, 2.05) is 136 Å². The summed E-state index contributed by atoms with van der Waals surface area (Å²) in [4.78, 5) is 40.4. The quantitative estimate of drug-likeness (QED) is 0.0109. The van der Waals surface area contributed by atoms with Gasteiger partial charge in [-0.25, -0.2) is 4.39 Å². The zero-order valence-corrected chi connectivity index (χ0v) is 87.7. The maximum Gasteiger partial charge on any atom is 0.270 e. The zero-order valence-electron chi connectivity index (χ0n) is 84.5. The minimum Gasteiger partial charge on any atom is -0.508 e.